The van der Waals surface area contributed by atoms with Crippen LogP contribution in [0.3, 0.4) is 0 Å². The van der Waals surface area contributed by atoms with E-state index in [1.807, 2.05) is 25.4 Å². The molecule has 2 aromatic heterocycles. The Balaban J connectivity index is 1.87. The highest BCUT2D eigenvalue weighted by Crippen LogP contribution is 2.05. The van der Waals surface area contributed by atoms with Crippen LogP contribution in [0.1, 0.15) is 16.4 Å². The Kier molecular flexibility index (Phi) is 3.40. The second-order valence-electron chi connectivity index (χ2n) is 3.41. The van der Waals surface area contributed by atoms with Gasteiger partial charge in [0, 0.05) is 24.5 Å². The summed E-state index contributed by atoms with van der Waals surface area (Å²) in [6, 6.07) is 0. The lowest BCUT2D eigenvalue weighted by Gasteiger charge is -2.04. The zero-order valence-corrected chi connectivity index (χ0v) is 10.1. The van der Waals surface area contributed by atoms with E-state index >= 15 is 0 Å². The predicted molar refractivity (Wildman–Crippen MR) is 63.6 cm³/mol. The summed E-state index contributed by atoms with van der Waals surface area (Å²) in [7, 11) is 0. The van der Waals surface area contributed by atoms with Crippen LogP contribution in [0, 0.1) is 13.8 Å². The third-order valence-electron chi connectivity index (χ3n) is 2.20. The minimum Gasteiger partial charge on any atom is -0.352 e. The number of aryl methyl sites for hydroxylation is 2. The van der Waals surface area contributed by atoms with Crippen molar-refractivity contribution < 1.29 is 0 Å². The first-order valence-electron chi connectivity index (χ1n) is 5.06. The molecule has 1 N–H and O–H groups in total. The minimum absolute atomic E-state index is 0.583. The fourth-order valence-electron chi connectivity index (χ4n) is 1.19. The van der Waals surface area contributed by atoms with E-state index in [0.29, 0.717) is 5.95 Å². The van der Waals surface area contributed by atoms with E-state index in [1.54, 1.807) is 11.3 Å². The van der Waals surface area contributed by atoms with Crippen molar-refractivity contribution in [2.45, 2.75) is 20.3 Å². The molecule has 2 aromatic rings. The maximum Gasteiger partial charge on any atom is 0.242 e. The Morgan fingerprint density at radius 1 is 1.25 bits per heavy atom. The van der Waals surface area contributed by atoms with Crippen LogP contribution in [0.2, 0.25) is 0 Å². The molecule has 0 radical (unpaired) electrons. The summed E-state index contributed by atoms with van der Waals surface area (Å²) in [5, 5.41) is 14.2. The maximum absolute atomic E-state index is 4.29. The smallest absolute Gasteiger partial charge is 0.242 e. The van der Waals surface area contributed by atoms with Crippen molar-refractivity contribution >= 4 is 17.3 Å². The van der Waals surface area contributed by atoms with Gasteiger partial charge in [-0.15, -0.1) is 16.4 Å². The van der Waals surface area contributed by atoms with Gasteiger partial charge >= 0.3 is 0 Å². The molecule has 0 aliphatic rings. The number of aromatic nitrogens is 4. The largest absolute Gasteiger partial charge is 0.352 e. The fourth-order valence-corrected chi connectivity index (χ4v) is 1.81. The van der Waals surface area contributed by atoms with E-state index in [-0.39, 0.29) is 0 Å². The molecule has 5 nitrogen and oxygen atoms in total. The molecule has 6 heteroatoms. The minimum atomic E-state index is 0.583. The highest BCUT2D eigenvalue weighted by atomic mass is 32.1. The number of anilines is 1. The number of rotatable bonds is 4. The number of nitrogens with zero attached hydrogens (tertiary/aromatic N) is 4. The number of hydrogen-bond donors (Lipinski definition) is 1. The molecule has 0 saturated heterocycles. The Bertz CT molecular complexity index is 454. The maximum atomic E-state index is 4.29. The zero-order chi connectivity index (χ0) is 11.4. The van der Waals surface area contributed by atoms with Crippen LogP contribution in [0.15, 0.2) is 11.6 Å². The number of nitrogens with one attached hydrogen (secondary N) is 1. The average Bonchev–Trinajstić information content (AvgIpc) is 2.76. The zero-order valence-electron chi connectivity index (χ0n) is 9.27. The third kappa shape index (κ3) is 2.73. The lowest BCUT2D eigenvalue weighted by atomic mass is 10.4. The van der Waals surface area contributed by atoms with E-state index in [1.165, 1.54) is 0 Å². The first-order chi connectivity index (χ1) is 7.75. The van der Waals surface area contributed by atoms with Crippen molar-refractivity contribution in [3.63, 3.8) is 0 Å². The monoisotopic (exact) mass is 235 g/mol. The van der Waals surface area contributed by atoms with Gasteiger partial charge in [0.2, 0.25) is 5.95 Å². The summed E-state index contributed by atoms with van der Waals surface area (Å²) >= 11 is 1.66. The second-order valence-corrected chi connectivity index (χ2v) is 4.39. The summed E-state index contributed by atoms with van der Waals surface area (Å²) in [6.45, 7) is 4.60. The molecule has 0 atom stereocenters. The highest BCUT2D eigenvalue weighted by Gasteiger charge is 2.01. The number of thiazole rings is 1. The lowest BCUT2D eigenvalue weighted by molar-refractivity contribution is 0.876. The van der Waals surface area contributed by atoms with E-state index in [2.05, 4.69) is 25.5 Å². The van der Waals surface area contributed by atoms with Gasteiger partial charge in [-0.1, -0.05) is 0 Å². The summed E-state index contributed by atoms with van der Waals surface area (Å²) in [4.78, 5) is 8.49. The third-order valence-corrected chi connectivity index (χ3v) is 3.04. The lowest BCUT2D eigenvalue weighted by Crippen LogP contribution is -2.10. The fraction of sp³-hybridized carbons (Fsp3) is 0.400. The number of hydrogen-bond acceptors (Lipinski definition) is 6. The van der Waals surface area contributed by atoms with Crippen molar-refractivity contribution in [2.24, 2.45) is 0 Å². The Labute approximate surface area is 98.0 Å². The van der Waals surface area contributed by atoms with Crippen molar-refractivity contribution in [3.05, 3.63) is 28.0 Å². The second kappa shape index (κ2) is 4.98. The SMILES string of the molecule is Cc1nnc(NCCc2nccs2)nc1C. The normalized spacial score (nSPS) is 10.4. The molecule has 0 amide bonds. The van der Waals surface area contributed by atoms with Crippen LogP contribution < -0.4 is 5.32 Å². The Morgan fingerprint density at radius 2 is 2.12 bits per heavy atom. The molecule has 0 fully saturated rings. The van der Waals surface area contributed by atoms with Gasteiger partial charge in [-0.25, -0.2) is 9.97 Å². The van der Waals surface area contributed by atoms with E-state index < -0.39 is 0 Å². The molecule has 84 valence electrons. The molecule has 0 bridgehead atoms. The first-order valence-corrected chi connectivity index (χ1v) is 5.94. The molecule has 2 rings (SSSR count). The van der Waals surface area contributed by atoms with Crippen LogP contribution in [0.4, 0.5) is 5.95 Å². The van der Waals surface area contributed by atoms with Crippen molar-refractivity contribution in [3.8, 4) is 0 Å². The van der Waals surface area contributed by atoms with Crippen LogP contribution in [0.5, 0.6) is 0 Å². The molecule has 0 saturated carbocycles. The molecule has 0 spiro atoms. The van der Waals surface area contributed by atoms with Crippen molar-refractivity contribution in [1.82, 2.24) is 20.2 Å². The van der Waals surface area contributed by atoms with Gasteiger partial charge in [0.25, 0.3) is 0 Å². The van der Waals surface area contributed by atoms with Gasteiger partial charge in [-0.3, -0.25) is 0 Å². The van der Waals surface area contributed by atoms with E-state index in [4.69, 9.17) is 0 Å². The molecular formula is C10H13N5S. The van der Waals surface area contributed by atoms with Crippen LogP contribution in [-0.2, 0) is 6.42 Å². The summed E-state index contributed by atoms with van der Waals surface area (Å²) in [5.41, 5.74) is 1.78. The van der Waals surface area contributed by atoms with E-state index in [0.717, 1.165) is 29.4 Å². The summed E-state index contributed by atoms with van der Waals surface area (Å²) in [5.74, 6) is 0.583. The van der Waals surface area contributed by atoms with Gasteiger partial charge < -0.3 is 5.32 Å². The van der Waals surface area contributed by atoms with Gasteiger partial charge in [0.1, 0.15) is 0 Å². The molecule has 0 unspecified atom stereocenters. The Hall–Kier alpha value is -1.56. The molecule has 16 heavy (non-hydrogen) atoms. The molecule has 0 aliphatic carbocycles. The molecule has 0 aromatic carbocycles. The van der Waals surface area contributed by atoms with Gasteiger partial charge in [-0.05, 0) is 13.8 Å². The van der Waals surface area contributed by atoms with E-state index in [9.17, 15) is 0 Å². The van der Waals surface area contributed by atoms with Gasteiger partial charge in [0.05, 0.1) is 16.4 Å². The standard InChI is InChI=1S/C10H13N5S/c1-7-8(2)14-15-10(13-7)12-4-3-9-11-5-6-16-9/h5-6H,3-4H2,1-2H3,(H,12,13,15). The molecule has 2 heterocycles. The van der Waals surface area contributed by atoms with Crippen LogP contribution in [-0.4, -0.2) is 26.7 Å². The van der Waals surface area contributed by atoms with Crippen molar-refractivity contribution in [1.29, 1.82) is 0 Å². The summed E-state index contributed by atoms with van der Waals surface area (Å²) in [6.07, 6.45) is 2.70. The molecular weight excluding hydrogens is 222 g/mol. The van der Waals surface area contributed by atoms with Gasteiger partial charge in [-0.2, -0.15) is 5.10 Å². The topological polar surface area (TPSA) is 63.6 Å². The summed E-state index contributed by atoms with van der Waals surface area (Å²) < 4.78 is 0. The molecule has 0 aliphatic heterocycles. The quantitative estimate of drug-likeness (QED) is 0.872. The predicted octanol–water partition coefficient (Wildman–Crippen LogP) is 1.60. The average molecular weight is 235 g/mol. The highest BCUT2D eigenvalue weighted by molar-refractivity contribution is 7.09. The van der Waals surface area contributed by atoms with Crippen LogP contribution >= 0.6 is 11.3 Å². The van der Waals surface area contributed by atoms with Crippen molar-refractivity contribution in [2.75, 3.05) is 11.9 Å². The van der Waals surface area contributed by atoms with Gasteiger partial charge in [0.15, 0.2) is 0 Å². The Morgan fingerprint density at radius 3 is 2.81 bits per heavy atom. The van der Waals surface area contributed by atoms with Crippen LogP contribution in [0.25, 0.3) is 0 Å². The first kappa shape index (κ1) is 10.9.